The van der Waals surface area contributed by atoms with E-state index in [2.05, 4.69) is 5.32 Å². The summed E-state index contributed by atoms with van der Waals surface area (Å²) in [7, 11) is 0. The van der Waals surface area contributed by atoms with Crippen molar-refractivity contribution < 1.29 is 14.9 Å². The van der Waals surface area contributed by atoms with E-state index in [0.29, 0.717) is 26.3 Å². The Hall–Kier alpha value is -0.940. The first-order chi connectivity index (χ1) is 8.18. The molecular formula is C13H21NO3. The molecule has 0 aliphatic heterocycles. The van der Waals surface area contributed by atoms with Crippen LogP contribution in [0.2, 0.25) is 0 Å². The van der Waals surface area contributed by atoms with Gasteiger partial charge in [-0.3, -0.25) is 0 Å². The molecule has 0 aliphatic carbocycles. The predicted octanol–water partition coefficient (Wildman–Crippen LogP) is 0.534. The van der Waals surface area contributed by atoms with Crippen molar-refractivity contribution in [1.29, 1.82) is 0 Å². The molecule has 0 aliphatic rings. The molecule has 0 heterocycles. The molecule has 96 valence electrons. The van der Waals surface area contributed by atoms with Gasteiger partial charge in [-0.15, -0.1) is 0 Å². The van der Waals surface area contributed by atoms with Crippen LogP contribution in [0.1, 0.15) is 12.5 Å². The smallest absolute Gasteiger partial charge is 0.0897 e. The van der Waals surface area contributed by atoms with Gasteiger partial charge >= 0.3 is 0 Å². The van der Waals surface area contributed by atoms with Crippen molar-refractivity contribution in [3.05, 3.63) is 35.9 Å². The second-order valence-corrected chi connectivity index (χ2v) is 4.16. The Bertz CT molecular complexity index is 290. The van der Waals surface area contributed by atoms with Crippen LogP contribution in [0.5, 0.6) is 0 Å². The molecule has 0 amide bonds. The first kappa shape index (κ1) is 14.1. The van der Waals surface area contributed by atoms with Gasteiger partial charge in [-0.05, 0) is 12.5 Å². The highest BCUT2D eigenvalue weighted by atomic mass is 16.5. The van der Waals surface area contributed by atoms with Crippen molar-refractivity contribution in [2.75, 3.05) is 19.7 Å². The van der Waals surface area contributed by atoms with E-state index < -0.39 is 12.2 Å². The second kappa shape index (κ2) is 8.20. The van der Waals surface area contributed by atoms with Gasteiger partial charge in [-0.2, -0.15) is 0 Å². The number of aliphatic hydroxyl groups excluding tert-OH is 2. The molecule has 0 saturated heterocycles. The lowest BCUT2D eigenvalue weighted by Gasteiger charge is -2.13. The Morgan fingerprint density at radius 3 is 2.53 bits per heavy atom. The lowest BCUT2D eigenvalue weighted by Crippen LogP contribution is -2.34. The fraction of sp³-hybridized carbons (Fsp3) is 0.538. The van der Waals surface area contributed by atoms with Crippen molar-refractivity contribution in [2.24, 2.45) is 0 Å². The minimum absolute atomic E-state index is 0.293. The van der Waals surface area contributed by atoms with Crippen LogP contribution in [0.4, 0.5) is 0 Å². The number of hydrogen-bond acceptors (Lipinski definition) is 4. The molecule has 2 unspecified atom stereocenters. The van der Waals surface area contributed by atoms with E-state index in [0.717, 1.165) is 5.56 Å². The van der Waals surface area contributed by atoms with Gasteiger partial charge < -0.3 is 20.3 Å². The van der Waals surface area contributed by atoms with Crippen LogP contribution in [0.25, 0.3) is 0 Å². The number of ether oxygens (including phenoxy) is 1. The van der Waals surface area contributed by atoms with Gasteiger partial charge in [-0.25, -0.2) is 0 Å². The molecule has 4 nitrogen and oxygen atoms in total. The Labute approximate surface area is 102 Å². The van der Waals surface area contributed by atoms with E-state index in [1.165, 1.54) is 0 Å². The normalized spacial score (nSPS) is 14.5. The molecule has 4 heteroatoms. The Balaban J connectivity index is 2.06. The quantitative estimate of drug-likeness (QED) is 0.619. The van der Waals surface area contributed by atoms with E-state index in [4.69, 9.17) is 9.84 Å². The second-order valence-electron chi connectivity index (χ2n) is 4.16. The van der Waals surface area contributed by atoms with Crippen molar-refractivity contribution in [2.45, 2.75) is 25.7 Å². The molecule has 0 saturated carbocycles. The molecule has 0 spiro atoms. The van der Waals surface area contributed by atoms with Crippen LogP contribution in [-0.4, -0.2) is 42.1 Å². The highest BCUT2D eigenvalue weighted by molar-refractivity contribution is 5.13. The molecule has 1 aromatic carbocycles. The summed E-state index contributed by atoms with van der Waals surface area (Å²) < 4.78 is 5.39. The Kier molecular flexibility index (Phi) is 6.81. The third kappa shape index (κ3) is 7.07. The first-order valence-electron chi connectivity index (χ1n) is 5.87. The van der Waals surface area contributed by atoms with Crippen LogP contribution in [-0.2, 0) is 11.3 Å². The minimum atomic E-state index is -0.544. The summed E-state index contributed by atoms with van der Waals surface area (Å²) in [5.41, 5.74) is 1.09. The first-order valence-corrected chi connectivity index (χ1v) is 5.87. The molecule has 0 bridgehead atoms. The van der Waals surface area contributed by atoms with Gasteiger partial charge in [0.25, 0.3) is 0 Å². The molecule has 1 rings (SSSR count). The van der Waals surface area contributed by atoms with E-state index in [-0.39, 0.29) is 0 Å². The number of aliphatic hydroxyl groups is 2. The maximum absolute atomic E-state index is 9.57. The van der Waals surface area contributed by atoms with Crippen LogP contribution in [0.3, 0.4) is 0 Å². The SMILES string of the molecule is CC(O)CNCC(O)COCc1ccccc1. The summed E-state index contributed by atoms with van der Waals surface area (Å²) in [5.74, 6) is 0. The highest BCUT2D eigenvalue weighted by Gasteiger charge is 2.04. The van der Waals surface area contributed by atoms with E-state index in [1.807, 2.05) is 30.3 Å². The maximum Gasteiger partial charge on any atom is 0.0897 e. The van der Waals surface area contributed by atoms with E-state index in [1.54, 1.807) is 6.92 Å². The fourth-order valence-electron chi connectivity index (χ4n) is 1.40. The standard InChI is InChI=1S/C13H21NO3/c1-11(15)7-14-8-13(16)10-17-9-12-5-3-2-4-6-12/h2-6,11,13-16H,7-10H2,1H3. The van der Waals surface area contributed by atoms with E-state index in [9.17, 15) is 5.11 Å². The molecule has 0 fully saturated rings. The van der Waals surface area contributed by atoms with Crippen molar-refractivity contribution in [3.8, 4) is 0 Å². The van der Waals surface area contributed by atoms with Crippen molar-refractivity contribution in [3.63, 3.8) is 0 Å². The summed E-state index contributed by atoms with van der Waals surface area (Å²) in [6, 6.07) is 9.84. The third-order valence-corrected chi connectivity index (χ3v) is 2.24. The van der Waals surface area contributed by atoms with Gasteiger partial charge in [0.1, 0.15) is 0 Å². The van der Waals surface area contributed by atoms with E-state index >= 15 is 0 Å². The maximum atomic E-state index is 9.57. The molecule has 1 aromatic rings. The zero-order valence-electron chi connectivity index (χ0n) is 10.2. The largest absolute Gasteiger partial charge is 0.392 e. The molecule has 3 N–H and O–H groups in total. The zero-order valence-corrected chi connectivity index (χ0v) is 10.2. The van der Waals surface area contributed by atoms with Gasteiger partial charge in [0.15, 0.2) is 0 Å². The molecule has 0 radical (unpaired) electrons. The number of benzene rings is 1. The van der Waals surface area contributed by atoms with Crippen molar-refractivity contribution >= 4 is 0 Å². The summed E-state index contributed by atoms with van der Waals surface area (Å²) in [6.07, 6.45) is -0.940. The molecule has 0 aromatic heterocycles. The van der Waals surface area contributed by atoms with Gasteiger partial charge in [0.05, 0.1) is 25.4 Å². The van der Waals surface area contributed by atoms with Crippen LogP contribution < -0.4 is 5.32 Å². The fourth-order valence-corrected chi connectivity index (χ4v) is 1.40. The van der Waals surface area contributed by atoms with Crippen LogP contribution >= 0.6 is 0 Å². The minimum Gasteiger partial charge on any atom is -0.392 e. The third-order valence-electron chi connectivity index (χ3n) is 2.24. The molecule has 2 atom stereocenters. The molecule has 17 heavy (non-hydrogen) atoms. The Morgan fingerprint density at radius 2 is 1.88 bits per heavy atom. The average Bonchev–Trinajstić information content (AvgIpc) is 2.30. The highest BCUT2D eigenvalue weighted by Crippen LogP contribution is 2.00. The van der Waals surface area contributed by atoms with Gasteiger partial charge in [0.2, 0.25) is 0 Å². The summed E-state index contributed by atoms with van der Waals surface area (Å²) in [5, 5.41) is 21.5. The summed E-state index contributed by atoms with van der Waals surface area (Å²) >= 11 is 0. The van der Waals surface area contributed by atoms with Gasteiger partial charge in [-0.1, -0.05) is 30.3 Å². The monoisotopic (exact) mass is 239 g/mol. The lowest BCUT2D eigenvalue weighted by molar-refractivity contribution is 0.0276. The summed E-state index contributed by atoms with van der Waals surface area (Å²) in [4.78, 5) is 0. The average molecular weight is 239 g/mol. The topological polar surface area (TPSA) is 61.7 Å². The molecular weight excluding hydrogens is 218 g/mol. The van der Waals surface area contributed by atoms with Gasteiger partial charge in [0, 0.05) is 13.1 Å². The number of nitrogens with one attached hydrogen (secondary N) is 1. The van der Waals surface area contributed by atoms with Crippen LogP contribution in [0, 0.1) is 0 Å². The zero-order chi connectivity index (χ0) is 12.5. The van der Waals surface area contributed by atoms with Crippen LogP contribution in [0.15, 0.2) is 30.3 Å². The number of rotatable bonds is 8. The Morgan fingerprint density at radius 1 is 1.18 bits per heavy atom. The summed E-state index contributed by atoms with van der Waals surface area (Å²) in [6.45, 7) is 3.41. The van der Waals surface area contributed by atoms with Crippen molar-refractivity contribution in [1.82, 2.24) is 5.32 Å². The lowest BCUT2D eigenvalue weighted by atomic mass is 10.2. The number of hydrogen-bond donors (Lipinski definition) is 3. The predicted molar refractivity (Wildman–Crippen MR) is 66.7 cm³/mol.